The van der Waals surface area contributed by atoms with E-state index in [1.807, 2.05) is 12.1 Å². The summed E-state index contributed by atoms with van der Waals surface area (Å²) in [4.78, 5) is 42.0. The van der Waals surface area contributed by atoms with Crippen molar-refractivity contribution in [2.75, 3.05) is 5.75 Å². The minimum absolute atomic E-state index is 0.0113. The number of hydrogen-bond donors (Lipinski definition) is 1. The average Bonchev–Trinajstić information content (AvgIpc) is 3.11. The van der Waals surface area contributed by atoms with E-state index in [1.54, 1.807) is 46.6 Å². The van der Waals surface area contributed by atoms with Crippen LogP contribution in [0.3, 0.4) is 0 Å². The second kappa shape index (κ2) is 9.09. The number of carbonyl (C=O) groups excluding carboxylic acids is 2. The van der Waals surface area contributed by atoms with Gasteiger partial charge in [-0.25, -0.2) is 4.98 Å². The van der Waals surface area contributed by atoms with Crippen LogP contribution in [-0.4, -0.2) is 31.7 Å². The zero-order valence-corrected chi connectivity index (χ0v) is 17.5. The smallest absolute Gasteiger partial charge is 0.274 e. The van der Waals surface area contributed by atoms with E-state index in [2.05, 4.69) is 24.1 Å². The van der Waals surface area contributed by atoms with Gasteiger partial charge in [0.05, 0.1) is 16.7 Å². The first kappa shape index (κ1) is 20.9. The van der Waals surface area contributed by atoms with E-state index >= 15 is 0 Å². The molecule has 3 aromatic rings. The van der Waals surface area contributed by atoms with Crippen LogP contribution in [0, 0.1) is 5.92 Å². The molecule has 0 bridgehead atoms. The molecule has 7 nitrogen and oxygen atoms in total. The maximum absolute atomic E-state index is 12.9. The lowest BCUT2D eigenvalue weighted by Gasteiger charge is -2.14. The van der Waals surface area contributed by atoms with Crippen molar-refractivity contribution in [3.8, 4) is 0 Å². The molecule has 0 unspecified atom stereocenters. The molecule has 0 aliphatic carbocycles. The zero-order chi connectivity index (χ0) is 21.0. The van der Waals surface area contributed by atoms with Gasteiger partial charge in [0.2, 0.25) is 5.91 Å². The van der Waals surface area contributed by atoms with Crippen LogP contribution in [0.5, 0.6) is 0 Å². The molecule has 2 heterocycles. The van der Waals surface area contributed by atoms with Crippen molar-refractivity contribution in [1.82, 2.24) is 19.4 Å². The number of para-hydroxylation sites is 1. The molecule has 0 atom stereocenters. The first-order valence-electron chi connectivity index (χ1n) is 9.44. The summed E-state index contributed by atoms with van der Waals surface area (Å²) in [7, 11) is 1.74. The Bertz CT molecular complexity index is 1100. The van der Waals surface area contributed by atoms with Gasteiger partial charge in [-0.1, -0.05) is 37.7 Å². The van der Waals surface area contributed by atoms with Crippen LogP contribution in [0.1, 0.15) is 30.8 Å². The van der Waals surface area contributed by atoms with Crippen molar-refractivity contribution in [3.05, 3.63) is 58.6 Å². The van der Waals surface area contributed by atoms with Crippen LogP contribution in [0.25, 0.3) is 10.9 Å². The topological polar surface area (TPSA) is 86.0 Å². The number of aryl methyl sites for hydroxylation is 1. The summed E-state index contributed by atoms with van der Waals surface area (Å²) in [6.45, 7) is 4.71. The van der Waals surface area contributed by atoms with Crippen LogP contribution in [0.2, 0.25) is 0 Å². The highest BCUT2D eigenvalue weighted by molar-refractivity contribution is 7.99. The molecule has 0 spiro atoms. The van der Waals surface area contributed by atoms with Crippen molar-refractivity contribution in [2.45, 2.75) is 32.0 Å². The maximum Gasteiger partial charge on any atom is 0.274 e. The Morgan fingerprint density at radius 2 is 1.93 bits per heavy atom. The van der Waals surface area contributed by atoms with Crippen molar-refractivity contribution in [3.63, 3.8) is 0 Å². The maximum atomic E-state index is 12.9. The second-order valence-electron chi connectivity index (χ2n) is 7.22. The molecule has 0 saturated heterocycles. The van der Waals surface area contributed by atoms with Gasteiger partial charge in [0.15, 0.2) is 5.16 Å². The molecule has 8 heteroatoms. The standard InChI is InChI=1S/C21H24N4O3S/c1-14(2)10-12-25-20(28)15-7-4-5-8-16(15)22-21(25)29-13-18(26)23-19(27)17-9-6-11-24(17)3/h4-9,11,14H,10,12-13H2,1-3H3,(H,23,26,27). The molecular weight excluding hydrogens is 388 g/mol. The van der Waals surface area contributed by atoms with Gasteiger partial charge >= 0.3 is 0 Å². The molecule has 0 aliphatic rings. The third-order valence-corrected chi connectivity index (χ3v) is 5.49. The minimum Gasteiger partial charge on any atom is -0.347 e. The molecule has 152 valence electrons. The van der Waals surface area contributed by atoms with Crippen LogP contribution in [0.4, 0.5) is 0 Å². The van der Waals surface area contributed by atoms with Gasteiger partial charge in [-0.2, -0.15) is 0 Å². The number of thioether (sulfide) groups is 1. The molecule has 29 heavy (non-hydrogen) atoms. The molecule has 1 N–H and O–H groups in total. The number of imide groups is 1. The summed E-state index contributed by atoms with van der Waals surface area (Å²) in [5.41, 5.74) is 0.890. The van der Waals surface area contributed by atoms with Crippen molar-refractivity contribution in [1.29, 1.82) is 0 Å². The number of carbonyl (C=O) groups is 2. The Labute approximate surface area is 173 Å². The first-order chi connectivity index (χ1) is 13.9. The molecule has 0 saturated carbocycles. The number of nitrogens with zero attached hydrogens (tertiary/aromatic N) is 3. The monoisotopic (exact) mass is 412 g/mol. The average molecular weight is 413 g/mol. The Balaban J connectivity index is 1.78. The van der Waals surface area contributed by atoms with Gasteiger partial charge in [0.25, 0.3) is 11.5 Å². The summed E-state index contributed by atoms with van der Waals surface area (Å²) in [5.74, 6) is -0.467. The van der Waals surface area contributed by atoms with E-state index in [4.69, 9.17) is 0 Å². The highest BCUT2D eigenvalue weighted by atomic mass is 32.2. The lowest BCUT2D eigenvalue weighted by atomic mass is 10.1. The molecule has 2 aromatic heterocycles. The molecule has 3 rings (SSSR count). The van der Waals surface area contributed by atoms with Gasteiger partial charge in [0, 0.05) is 19.8 Å². The van der Waals surface area contributed by atoms with Crippen LogP contribution in [0.15, 0.2) is 52.5 Å². The Hall–Kier alpha value is -2.87. The van der Waals surface area contributed by atoms with Crippen molar-refractivity contribution in [2.24, 2.45) is 13.0 Å². The molecule has 0 aliphatic heterocycles. The Morgan fingerprint density at radius 1 is 1.17 bits per heavy atom. The normalized spacial score (nSPS) is 11.2. The van der Waals surface area contributed by atoms with Crippen molar-refractivity contribution < 1.29 is 9.59 Å². The summed E-state index contributed by atoms with van der Waals surface area (Å²) in [5, 5.41) is 3.42. The molecular formula is C21H24N4O3S. The third-order valence-electron chi connectivity index (χ3n) is 4.52. The second-order valence-corrected chi connectivity index (χ2v) is 8.16. The zero-order valence-electron chi connectivity index (χ0n) is 16.7. The van der Waals surface area contributed by atoms with E-state index in [0.29, 0.717) is 34.2 Å². The van der Waals surface area contributed by atoms with Crippen LogP contribution >= 0.6 is 11.8 Å². The summed E-state index contributed by atoms with van der Waals surface area (Å²) in [6, 6.07) is 10.6. The Kier molecular flexibility index (Phi) is 6.53. The van der Waals surface area contributed by atoms with E-state index in [1.165, 1.54) is 0 Å². The van der Waals surface area contributed by atoms with E-state index in [-0.39, 0.29) is 11.3 Å². The lowest BCUT2D eigenvalue weighted by Crippen LogP contribution is -2.33. The van der Waals surface area contributed by atoms with Crippen LogP contribution in [-0.2, 0) is 18.4 Å². The molecule has 1 aromatic carbocycles. The van der Waals surface area contributed by atoms with Crippen LogP contribution < -0.4 is 10.9 Å². The van der Waals surface area contributed by atoms with Gasteiger partial charge in [-0.05, 0) is 36.6 Å². The quantitative estimate of drug-likeness (QED) is 0.476. The van der Waals surface area contributed by atoms with Gasteiger partial charge in [-0.3, -0.25) is 24.3 Å². The fourth-order valence-electron chi connectivity index (χ4n) is 2.90. The fraction of sp³-hybridized carbons (Fsp3) is 0.333. The number of aromatic nitrogens is 3. The van der Waals surface area contributed by atoms with Crippen molar-refractivity contribution >= 4 is 34.5 Å². The molecule has 2 amide bonds. The molecule has 0 fully saturated rings. The molecule has 0 radical (unpaired) electrons. The largest absolute Gasteiger partial charge is 0.347 e. The van der Waals surface area contributed by atoms with Gasteiger partial charge < -0.3 is 4.57 Å². The number of nitrogens with one attached hydrogen (secondary N) is 1. The van der Waals surface area contributed by atoms with E-state index in [9.17, 15) is 14.4 Å². The Morgan fingerprint density at radius 3 is 2.62 bits per heavy atom. The predicted octanol–water partition coefficient (Wildman–Crippen LogP) is 2.83. The van der Waals surface area contributed by atoms with E-state index < -0.39 is 11.8 Å². The summed E-state index contributed by atoms with van der Waals surface area (Å²) in [6.07, 6.45) is 2.56. The van der Waals surface area contributed by atoms with E-state index in [0.717, 1.165) is 18.2 Å². The van der Waals surface area contributed by atoms with Gasteiger partial charge in [-0.15, -0.1) is 0 Å². The SMILES string of the molecule is CC(C)CCn1c(SCC(=O)NC(=O)c2cccn2C)nc2ccccc2c1=O. The number of hydrogen-bond acceptors (Lipinski definition) is 5. The highest BCUT2D eigenvalue weighted by Gasteiger charge is 2.16. The predicted molar refractivity (Wildman–Crippen MR) is 114 cm³/mol. The number of fused-ring (bicyclic) bond motifs is 1. The number of amides is 2. The summed E-state index contributed by atoms with van der Waals surface area (Å²) >= 11 is 1.16. The minimum atomic E-state index is -0.452. The first-order valence-corrected chi connectivity index (χ1v) is 10.4. The lowest BCUT2D eigenvalue weighted by molar-refractivity contribution is -0.117. The fourth-order valence-corrected chi connectivity index (χ4v) is 3.72. The highest BCUT2D eigenvalue weighted by Crippen LogP contribution is 2.19. The number of rotatable bonds is 7. The number of benzene rings is 1. The third kappa shape index (κ3) is 4.95. The summed E-state index contributed by atoms with van der Waals surface area (Å²) < 4.78 is 3.27. The van der Waals surface area contributed by atoms with Gasteiger partial charge in [0.1, 0.15) is 5.69 Å².